The quantitative estimate of drug-likeness (QED) is 0.306. The molecular weight excluding hydrogens is 622 g/mol. The number of fused-ring (bicyclic) bond motifs is 5. The summed E-state index contributed by atoms with van der Waals surface area (Å²) in [5.74, 6) is 2.23. The van der Waals surface area contributed by atoms with Crippen molar-refractivity contribution in [3.8, 4) is 17.2 Å². The standard InChI is InChI=1S/C38H41N5O6/c44-35-23-42(27-11-12-41(22-27)21-25-5-8-28(9-6-25)47-18-15-40-13-16-46-17-14-40)38(45)32-20-30-29-3-1-2-4-31(29)39-36(30)37(43(32)35)26-7-10-33-34(19-26)49-24-48-33/h1-10,19,27,32,37,39H,11-18,20-24H2/t27-,32-,37-/m1/s1. The van der Waals surface area contributed by atoms with Crippen molar-refractivity contribution in [2.75, 3.05) is 65.9 Å². The van der Waals surface area contributed by atoms with E-state index in [4.69, 9.17) is 18.9 Å². The van der Waals surface area contributed by atoms with Gasteiger partial charge in [0.15, 0.2) is 11.5 Å². The summed E-state index contributed by atoms with van der Waals surface area (Å²) in [5, 5.41) is 1.10. The van der Waals surface area contributed by atoms with Crippen molar-refractivity contribution < 1.29 is 28.5 Å². The smallest absolute Gasteiger partial charge is 0.246 e. The maximum absolute atomic E-state index is 14.4. The zero-order valence-electron chi connectivity index (χ0n) is 27.5. The van der Waals surface area contributed by atoms with Gasteiger partial charge in [-0.25, -0.2) is 0 Å². The van der Waals surface area contributed by atoms with Crippen molar-refractivity contribution in [1.82, 2.24) is 24.6 Å². The molecule has 0 radical (unpaired) electrons. The number of aromatic nitrogens is 1. The zero-order valence-corrected chi connectivity index (χ0v) is 27.5. The normalized spacial score (nSPS) is 24.0. The first-order chi connectivity index (χ1) is 24.1. The van der Waals surface area contributed by atoms with E-state index in [1.807, 2.05) is 52.3 Å². The van der Waals surface area contributed by atoms with Crippen LogP contribution in [0.5, 0.6) is 17.2 Å². The van der Waals surface area contributed by atoms with E-state index in [2.05, 4.69) is 39.0 Å². The third-order valence-electron chi connectivity index (χ3n) is 10.8. The van der Waals surface area contributed by atoms with Gasteiger partial charge in [0.1, 0.15) is 24.9 Å². The summed E-state index contributed by atoms with van der Waals surface area (Å²) in [6, 6.07) is 21.4. The fraction of sp³-hybridized carbons (Fsp3) is 0.421. The molecule has 3 fully saturated rings. The van der Waals surface area contributed by atoms with Crippen LogP contribution in [0.2, 0.25) is 0 Å². The van der Waals surface area contributed by atoms with Crippen molar-refractivity contribution in [1.29, 1.82) is 0 Å². The van der Waals surface area contributed by atoms with Crippen LogP contribution in [-0.2, 0) is 27.3 Å². The molecular formula is C38H41N5O6. The van der Waals surface area contributed by atoms with E-state index in [0.29, 0.717) is 24.5 Å². The molecule has 11 nitrogen and oxygen atoms in total. The average molecular weight is 664 g/mol. The van der Waals surface area contributed by atoms with E-state index in [-0.39, 0.29) is 31.2 Å². The van der Waals surface area contributed by atoms with Crippen molar-refractivity contribution >= 4 is 22.7 Å². The third kappa shape index (κ3) is 5.69. The molecule has 3 atom stereocenters. The number of hydrogen-bond donors (Lipinski definition) is 1. The van der Waals surface area contributed by atoms with Gasteiger partial charge in [-0.2, -0.15) is 0 Å². The lowest BCUT2D eigenvalue weighted by Crippen LogP contribution is -2.65. The molecule has 11 heteroatoms. The highest BCUT2D eigenvalue weighted by molar-refractivity contribution is 5.98. The number of carbonyl (C=O) groups is 2. The third-order valence-corrected chi connectivity index (χ3v) is 10.8. The molecule has 5 aliphatic heterocycles. The number of carbonyl (C=O) groups excluding carboxylic acids is 2. The van der Waals surface area contributed by atoms with Gasteiger partial charge in [0.05, 0.1) is 19.3 Å². The van der Waals surface area contributed by atoms with Gasteiger partial charge in [0, 0.05) is 68.3 Å². The van der Waals surface area contributed by atoms with Gasteiger partial charge in [0.2, 0.25) is 18.6 Å². The summed E-state index contributed by atoms with van der Waals surface area (Å²) in [4.78, 5) is 40.7. The molecule has 6 heterocycles. The maximum atomic E-state index is 14.4. The number of nitrogens with zero attached hydrogens (tertiary/aromatic N) is 4. The molecule has 4 aromatic rings. The highest BCUT2D eigenvalue weighted by atomic mass is 16.7. The lowest BCUT2D eigenvalue weighted by atomic mass is 9.85. The number of aromatic amines is 1. The Kier molecular flexibility index (Phi) is 7.90. The van der Waals surface area contributed by atoms with Crippen molar-refractivity contribution in [2.45, 2.75) is 37.5 Å². The Balaban J connectivity index is 0.897. The minimum absolute atomic E-state index is 0.00486. The fourth-order valence-corrected chi connectivity index (χ4v) is 8.30. The molecule has 1 aromatic heterocycles. The van der Waals surface area contributed by atoms with Crippen LogP contribution in [0.15, 0.2) is 66.7 Å². The van der Waals surface area contributed by atoms with Crippen LogP contribution >= 0.6 is 0 Å². The van der Waals surface area contributed by atoms with Crippen LogP contribution in [0, 0.1) is 0 Å². The number of morpholine rings is 1. The summed E-state index contributed by atoms with van der Waals surface area (Å²) in [6.45, 7) is 7.74. The molecule has 49 heavy (non-hydrogen) atoms. The number of hydrogen-bond acceptors (Lipinski definition) is 8. The number of likely N-dealkylation sites (tertiary alicyclic amines) is 1. The monoisotopic (exact) mass is 663 g/mol. The molecule has 1 N–H and O–H groups in total. The van der Waals surface area contributed by atoms with Crippen LogP contribution in [0.3, 0.4) is 0 Å². The minimum atomic E-state index is -0.576. The molecule has 0 bridgehead atoms. The molecule has 0 spiro atoms. The Morgan fingerprint density at radius 1 is 0.898 bits per heavy atom. The first-order valence-corrected chi connectivity index (χ1v) is 17.4. The van der Waals surface area contributed by atoms with Gasteiger partial charge in [0.25, 0.3) is 0 Å². The van der Waals surface area contributed by atoms with Crippen LogP contribution in [-0.4, -0.2) is 114 Å². The lowest BCUT2D eigenvalue weighted by Gasteiger charge is -2.48. The van der Waals surface area contributed by atoms with Gasteiger partial charge < -0.3 is 33.7 Å². The average Bonchev–Trinajstić information content (AvgIpc) is 3.89. The topological polar surface area (TPSA) is 99.8 Å². The Labute approximate surface area is 285 Å². The van der Waals surface area contributed by atoms with E-state index < -0.39 is 12.1 Å². The Morgan fingerprint density at radius 2 is 1.73 bits per heavy atom. The predicted molar refractivity (Wildman–Crippen MR) is 182 cm³/mol. The number of H-pyrrole nitrogens is 1. The molecule has 5 aliphatic rings. The molecule has 0 saturated carbocycles. The molecule has 2 amide bonds. The zero-order chi connectivity index (χ0) is 32.9. The molecule has 254 valence electrons. The van der Waals surface area contributed by atoms with Crippen LogP contribution in [0.4, 0.5) is 0 Å². The highest BCUT2D eigenvalue weighted by Crippen LogP contribution is 2.45. The number of piperazine rings is 1. The summed E-state index contributed by atoms with van der Waals surface area (Å²) in [5.41, 5.74) is 5.18. The number of ether oxygens (including phenoxy) is 4. The minimum Gasteiger partial charge on any atom is -0.492 e. The SMILES string of the molecule is O=C1[C@H]2Cc3c([nH]c4ccccc34)[C@@H](c3ccc4c(c3)OCO4)N2C(=O)CN1[C@@H]1CCN(Cc2ccc(OCCN3CCOCC3)cc2)C1. The summed E-state index contributed by atoms with van der Waals surface area (Å²) >= 11 is 0. The van der Waals surface area contributed by atoms with Crippen molar-refractivity contribution in [3.05, 3.63) is 89.1 Å². The second kappa shape index (κ2) is 12.7. The predicted octanol–water partition coefficient (Wildman–Crippen LogP) is 3.57. The van der Waals surface area contributed by atoms with E-state index >= 15 is 0 Å². The first-order valence-electron chi connectivity index (χ1n) is 17.4. The van der Waals surface area contributed by atoms with E-state index in [9.17, 15) is 9.59 Å². The molecule has 3 aromatic carbocycles. The number of benzene rings is 3. The van der Waals surface area contributed by atoms with E-state index in [0.717, 1.165) is 92.4 Å². The lowest BCUT2D eigenvalue weighted by molar-refractivity contribution is -0.160. The molecule has 3 saturated heterocycles. The van der Waals surface area contributed by atoms with Gasteiger partial charge in [-0.1, -0.05) is 36.4 Å². The Bertz CT molecular complexity index is 1870. The summed E-state index contributed by atoms with van der Waals surface area (Å²) < 4.78 is 22.7. The highest BCUT2D eigenvalue weighted by Gasteiger charge is 2.50. The van der Waals surface area contributed by atoms with Gasteiger partial charge in [-0.3, -0.25) is 19.4 Å². The number of amides is 2. The Hall–Kier alpha value is -4.58. The number of nitrogens with one attached hydrogen (secondary N) is 1. The first kappa shape index (κ1) is 30.5. The second-order valence-corrected chi connectivity index (χ2v) is 13.7. The van der Waals surface area contributed by atoms with Gasteiger partial charge >= 0.3 is 0 Å². The second-order valence-electron chi connectivity index (χ2n) is 13.7. The fourth-order valence-electron chi connectivity index (χ4n) is 8.30. The van der Waals surface area contributed by atoms with Crippen molar-refractivity contribution in [3.63, 3.8) is 0 Å². The van der Waals surface area contributed by atoms with Crippen LogP contribution in [0.25, 0.3) is 10.9 Å². The van der Waals surface area contributed by atoms with Gasteiger partial charge in [-0.15, -0.1) is 0 Å². The largest absolute Gasteiger partial charge is 0.492 e. The molecule has 9 rings (SSSR count). The molecule has 0 aliphatic carbocycles. The maximum Gasteiger partial charge on any atom is 0.246 e. The summed E-state index contributed by atoms with van der Waals surface area (Å²) in [6.07, 6.45) is 1.33. The van der Waals surface area contributed by atoms with Crippen molar-refractivity contribution in [2.24, 2.45) is 0 Å². The number of para-hydroxylation sites is 1. The Morgan fingerprint density at radius 3 is 2.61 bits per heavy atom. The number of rotatable bonds is 8. The van der Waals surface area contributed by atoms with E-state index in [1.54, 1.807) is 0 Å². The van der Waals surface area contributed by atoms with Crippen LogP contribution < -0.4 is 14.2 Å². The van der Waals surface area contributed by atoms with Crippen LogP contribution in [0.1, 0.15) is 34.8 Å². The van der Waals surface area contributed by atoms with E-state index in [1.165, 1.54) is 5.56 Å². The summed E-state index contributed by atoms with van der Waals surface area (Å²) in [7, 11) is 0. The molecule has 0 unspecified atom stereocenters. The van der Waals surface area contributed by atoms with Gasteiger partial charge in [-0.05, 0) is 53.4 Å².